The van der Waals surface area contributed by atoms with Crippen molar-refractivity contribution in [2.75, 3.05) is 11.7 Å². The number of para-hydroxylation sites is 1. The van der Waals surface area contributed by atoms with Gasteiger partial charge < -0.3 is 9.64 Å². The highest BCUT2D eigenvalue weighted by Gasteiger charge is 2.35. The van der Waals surface area contributed by atoms with Crippen molar-refractivity contribution in [1.82, 2.24) is 9.88 Å². The van der Waals surface area contributed by atoms with Gasteiger partial charge in [0.05, 0.1) is 22.9 Å². The van der Waals surface area contributed by atoms with Gasteiger partial charge in [0.25, 0.3) is 5.91 Å². The Kier molecular flexibility index (Phi) is 7.12. The smallest absolute Gasteiger partial charge is 0.417 e. The van der Waals surface area contributed by atoms with E-state index in [1.165, 1.54) is 11.2 Å². The Balaban J connectivity index is 1.79. The fourth-order valence-corrected chi connectivity index (χ4v) is 3.59. The summed E-state index contributed by atoms with van der Waals surface area (Å²) in [7, 11) is 0. The van der Waals surface area contributed by atoms with Crippen molar-refractivity contribution in [3.63, 3.8) is 0 Å². The zero-order valence-corrected chi connectivity index (χ0v) is 17.8. The molecule has 2 atom stereocenters. The third kappa shape index (κ3) is 5.06. The monoisotopic (exact) mass is 447 g/mol. The van der Waals surface area contributed by atoms with E-state index in [9.17, 15) is 18.0 Å². The lowest BCUT2D eigenvalue weighted by molar-refractivity contribution is -0.137. The number of piperidine rings is 1. The predicted octanol–water partition coefficient (Wildman–Crippen LogP) is 4.60. The molecule has 32 heavy (non-hydrogen) atoms. The van der Waals surface area contributed by atoms with Crippen molar-refractivity contribution in [1.29, 1.82) is 0 Å². The minimum atomic E-state index is -4.46. The van der Waals surface area contributed by atoms with Crippen molar-refractivity contribution in [2.24, 2.45) is 10.2 Å². The molecule has 1 saturated heterocycles. The van der Waals surface area contributed by atoms with E-state index in [1.54, 1.807) is 42.3 Å². The topological polar surface area (TPSA) is 70.4 Å². The predicted molar refractivity (Wildman–Crippen MR) is 116 cm³/mol. The zero-order valence-electron chi connectivity index (χ0n) is 17.8. The molecule has 3 rings (SSSR count). The number of ether oxygens (including phenoxy) is 1. The number of aromatic nitrogens is 1. The Morgan fingerprint density at radius 2 is 2.06 bits per heavy atom. The summed E-state index contributed by atoms with van der Waals surface area (Å²) in [4.78, 5) is 18.9. The highest BCUT2D eigenvalue weighted by molar-refractivity contribution is 6.00. The molecule has 0 aliphatic carbocycles. The van der Waals surface area contributed by atoms with Crippen LogP contribution in [-0.4, -0.2) is 47.4 Å². The Morgan fingerprint density at radius 3 is 2.69 bits per heavy atom. The molecule has 7 nitrogen and oxygen atoms in total. The van der Waals surface area contributed by atoms with Gasteiger partial charge in [-0.3, -0.25) is 4.79 Å². The Bertz CT molecular complexity index is 978. The van der Waals surface area contributed by atoms with Crippen LogP contribution in [0.1, 0.15) is 42.6 Å². The fraction of sp³-hybridized carbons (Fsp3) is 0.364. The molecule has 0 unspecified atom stereocenters. The molecule has 0 spiro atoms. The lowest BCUT2D eigenvalue weighted by Crippen LogP contribution is -2.51. The molecule has 1 aromatic carbocycles. The number of halogens is 3. The summed E-state index contributed by atoms with van der Waals surface area (Å²) in [6, 6.07) is 8.74. The van der Waals surface area contributed by atoms with Crippen molar-refractivity contribution in [3.8, 4) is 5.88 Å². The summed E-state index contributed by atoms with van der Waals surface area (Å²) in [5.74, 6) is -0.134. The fourth-order valence-electron chi connectivity index (χ4n) is 3.59. The van der Waals surface area contributed by atoms with Crippen LogP contribution in [0.2, 0.25) is 0 Å². The van der Waals surface area contributed by atoms with Gasteiger partial charge in [-0.1, -0.05) is 12.1 Å². The highest BCUT2D eigenvalue weighted by Crippen LogP contribution is 2.31. The summed E-state index contributed by atoms with van der Waals surface area (Å²) in [6.07, 6.45) is -1.26. The number of carbonyl (C=O) groups is 1. The standard InChI is InChI=1S/C22H24F3N5O2/c1-4-28-30(26-3)18-9-6-5-8-17(18)21(31)29-13-7-10-19(15(29)2)32-20-12-11-16(14-27-20)22(23,24)25/h4-6,8-9,11-12,14-15,19H,3,7,10,13H2,1-2H3/b28-4-/t15-,19+/m0/s1. The molecule has 1 aromatic heterocycles. The molecule has 10 heteroatoms. The van der Waals surface area contributed by atoms with Gasteiger partial charge in [-0.15, -0.1) is 0 Å². The second kappa shape index (κ2) is 9.80. The first-order chi connectivity index (χ1) is 15.3. The van der Waals surface area contributed by atoms with Gasteiger partial charge in [0, 0.05) is 31.7 Å². The minimum absolute atomic E-state index is 0.0869. The molecular formula is C22H24F3N5O2. The lowest BCUT2D eigenvalue weighted by Gasteiger charge is -2.39. The summed E-state index contributed by atoms with van der Waals surface area (Å²) < 4.78 is 44.1. The average Bonchev–Trinajstić information content (AvgIpc) is 2.78. The number of pyridine rings is 1. The van der Waals surface area contributed by atoms with Gasteiger partial charge in [0.1, 0.15) is 6.10 Å². The van der Waals surface area contributed by atoms with E-state index in [0.29, 0.717) is 30.6 Å². The number of nitrogens with zero attached hydrogens (tertiary/aromatic N) is 5. The first-order valence-electron chi connectivity index (χ1n) is 10.1. The third-order valence-electron chi connectivity index (χ3n) is 5.22. The normalized spacial score (nSPS) is 19.1. The van der Waals surface area contributed by atoms with Gasteiger partial charge in [-0.2, -0.15) is 28.5 Å². The van der Waals surface area contributed by atoms with Crippen LogP contribution in [0.15, 0.2) is 52.8 Å². The van der Waals surface area contributed by atoms with E-state index in [1.807, 2.05) is 6.92 Å². The molecule has 2 aromatic rings. The van der Waals surface area contributed by atoms with Crippen LogP contribution < -0.4 is 9.85 Å². The highest BCUT2D eigenvalue weighted by atomic mass is 19.4. The summed E-state index contributed by atoms with van der Waals surface area (Å²) in [6.45, 7) is 7.60. The zero-order chi connectivity index (χ0) is 23.3. The van der Waals surface area contributed by atoms with Crippen LogP contribution in [0.25, 0.3) is 0 Å². The molecular weight excluding hydrogens is 423 g/mol. The van der Waals surface area contributed by atoms with E-state index in [2.05, 4.69) is 21.9 Å². The molecule has 1 aliphatic rings. The first-order valence-corrected chi connectivity index (χ1v) is 10.1. The number of carbonyl (C=O) groups excluding carboxylic acids is 1. The van der Waals surface area contributed by atoms with Crippen LogP contribution in [0.5, 0.6) is 5.88 Å². The van der Waals surface area contributed by atoms with Crippen LogP contribution in [0.3, 0.4) is 0 Å². The largest absolute Gasteiger partial charge is 0.472 e. The third-order valence-corrected chi connectivity index (χ3v) is 5.22. The Labute approximate surface area is 184 Å². The van der Waals surface area contributed by atoms with E-state index >= 15 is 0 Å². The Hall–Kier alpha value is -3.43. The van der Waals surface area contributed by atoms with Crippen LogP contribution in [-0.2, 0) is 6.18 Å². The molecule has 0 bridgehead atoms. The van der Waals surface area contributed by atoms with Crippen molar-refractivity contribution < 1.29 is 22.7 Å². The molecule has 170 valence electrons. The van der Waals surface area contributed by atoms with E-state index in [-0.39, 0.29) is 17.8 Å². The lowest BCUT2D eigenvalue weighted by atomic mass is 9.98. The molecule has 0 radical (unpaired) electrons. The van der Waals surface area contributed by atoms with Crippen LogP contribution in [0, 0.1) is 0 Å². The van der Waals surface area contributed by atoms with Gasteiger partial charge in [0.2, 0.25) is 5.88 Å². The number of hydrogen-bond donors (Lipinski definition) is 0. The van der Waals surface area contributed by atoms with E-state index < -0.39 is 17.8 Å². The number of likely N-dealkylation sites (tertiary alicyclic amines) is 1. The molecule has 1 aliphatic heterocycles. The SMILES string of the molecule is C=NN(/N=C\C)c1ccccc1C(=O)N1CCC[C@@H](Oc2ccc(C(F)(F)F)cn2)[C@@H]1C. The quantitative estimate of drug-likeness (QED) is 0.479. The summed E-state index contributed by atoms with van der Waals surface area (Å²) >= 11 is 0. The van der Waals surface area contributed by atoms with Gasteiger partial charge in [-0.05, 0) is 44.9 Å². The number of rotatable bonds is 6. The summed E-state index contributed by atoms with van der Waals surface area (Å²) in [5, 5.41) is 9.24. The van der Waals surface area contributed by atoms with Crippen LogP contribution in [0.4, 0.5) is 18.9 Å². The van der Waals surface area contributed by atoms with Crippen molar-refractivity contribution in [3.05, 3.63) is 53.7 Å². The van der Waals surface area contributed by atoms with Gasteiger partial charge in [0.15, 0.2) is 0 Å². The number of alkyl halides is 3. The first kappa shape index (κ1) is 23.2. The number of benzene rings is 1. The average molecular weight is 447 g/mol. The molecule has 0 saturated carbocycles. The number of anilines is 1. The second-order valence-corrected chi connectivity index (χ2v) is 7.24. The van der Waals surface area contributed by atoms with E-state index in [4.69, 9.17) is 4.74 Å². The maximum Gasteiger partial charge on any atom is 0.417 e. The Morgan fingerprint density at radius 1 is 1.31 bits per heavy atom. The van der Waals surface area contributed by atoms with Crippen molar-refractivity contribution in [2.45, 2.75) is 45.0 Å². The van der Waals surface area contributed by atoms with Gasteiger partial charge >= 0.3 is 6.18 Å². The second-order valence-electron chi connectivity index (χ2n) is 7.24. The number of amides is 1. The summed E-state index contributed by atoms with van der Waals surface area (Å²) in [5.41, 5.74) is 0.0565. The maximum atomic E-state index is 13.4. The number of hydrogen-bond acceptors (Lipinski definition) is 6. The maximum absolute atomic E-state index is 13.4. The minimum Gasteiger partial charge on any atom is -0.472 e. The molecule has 2 heterocycles. The molecule has 1 fully saturated rings. The molecule has 1 amide bonds. The van der Waals surface area contributed by atoms with Gasteiger partial charge in [-0.25, -0.2) is 4.98 Å². The van der Waals surface area contributed by atoms with Crippen LogP contribution >= 0.6 is 0 Å². The number of hydrazone groups is 2. The van der Waals surface area contributed by atoms with Crippen molar-refractivity contribution >= 4 is 24.5 Å². The van der Waals surface area contributed by atoms with E-state index in [0.717, 1.165) is 12.3 Å². The molecule has 0 N–H and O–H groups in total.